The molecular formula is C26H32FNO2. The highest BCUT2D eigenvalue weighted by atomic mass is 19.1. The molecule has 0 spiro atoms. The van der Waals surface area contributed by atoms with Crippen molar-refractivity contribution in [1.29, 1.82) is 0 Å². The third-order valence-corrected chi connectivity index (χ3v) is 9.01. The maximum atomic E-state index is 13.8. The van der Waals surface area contributed by atoms with Crippen LogP contribution in [0.1, 0.15) is 71.3 Å². The number of carbonyl (C=O) groups is 1. The molecule has 6 unspecified atom stereocenters. The summed E-state index contributed by atoms with van der Waals surface area (Å²) < 4.78 is 19.4. The van der Waals surface area contributed by atoms with Crippen LogP contribution in [-0.4, -0.2) is 17.1 Å². The van der Waals surface area contributed by atoms with E-state index in [1.807, 2.05) is 0 Å². The van der Waals surface area contributed by atoms with Gasteiger partial charge in [0, 0.05) is 18.5 Å². The van der Waals surface area contributed by atoms with Crippen molar-refractivity contribution < 1.29 is 13.9 Å². The second kappa shape index (κ2) is 7.03. The third kappa shape index (κ3) is 2.98. The molecule has 1 aromatic heterocycles. The predicted molar refractivity (Wildman–Crippen MR) is 115 cm³/mol. The summed E-state index contributed by atoms with van der Waals surface area (Å²) in [5.74, 6) is 1.52. The van der Waals surface area contributed by atoms with E-state index in [0.717, 1.165) is 31.2 Å². The first-order valence-corrected chi connectivity index (χ1v) is 11.5. The highest BCUT2D eigenvalue weighted by molar-refractivity contribution is 5.78. The van der Waals surface area contributed by atoms with E-state index in [4.69, 9.17) is 4.74 Å². The maximum Gasteiger partial charge on any atom is 0.302 e. The van der Waals surface area contributed by atoms with Gasteiger partial charge in [0.1, 0.15) is 11.9 Å². The Morgan fingerprint density at radius 2 is 1.97 bits per heavy atom. The molecule has 1 aromatic rings. The van der Waals surface area contributed by atoms with E-state index in [-0.39, 0.29) is 23.3 Å². The summed E-state index contributed by atoms with van der Waals surface area (Å²) >= 11 is 0. The number of nitrogens with zero attached hydrogens (tertiary/aromatic N) is 1. The standard InChI is InChI=1S/C26H32FNO2/c1-16(29)30-20-8-10-25(2)18(13-20)4-5-21-23-7-6-22(17-12-19(27)15-28-14-17)26(23,3)11-9-24(21)25/h6-7,12,14-15,18,20-21,24H,4-5,8-11,13H2,1-3H3. The van der Waals surface area contributed by atoms with Gasteiger partial charge in [0.15, 0.2) is 0 Å². The van der Waals surface area contributed by atoms with Gasteiger partial charge >= 0.3 is 5.97 Å². The lowest BCUT2D eigenvalue weighted by Gasteiger charge is -2.59. The van der Waals surface area contributed by atoms with Gasteiger partial charge in [0.25, 0.3) is 0 Å². The molecule has 160 valence electrons. The summed E-state index contributed by atoms with van der Waals surface area (Å²) in [6.07, 6.45) is 15.6. The molecule has 0 saturated heterocycles. The van der Waals surface area contributed by atoms with Crippen molar-refractivity contribution in [2.75, 3.05) is 0 Å². The van der Waals surface area contributed by atoms with E-state index < -0.39 is 0 Å². The number of carbonyl (C=O) groups excluding carboxylic acids is 1. The predicted octanol–water partition coefficient (Wildman–Crippen LogP) is 6.11. The first kappa shape index (κ1) is 20.0. The van der Waals surface area contributed by atoms with Crippen molar-refractivity contribution in [2.45, 2.75) is 71.8 Å². The number of fused-ring (bicyclic) bond motifs is 5. The molecule has 3 nitrogen and oxygen atoms in total. The SMILES string of the molecule is CC(=O)OC1CCC2(C)C(CCC3C4=CC=C(c5cncc(F)c5)C4(C)CCC32)C1. The number of pyridine rings is 1. The molecule has 3 fully saturated rings. The minimum absolute atomic E-state index is 0.00518. The van der Waals surface area contributed by atoms with E-state index >= 15 is 0 Å². The van der Waals surface area contributed by atoms with Crippen LogP contribution in [0.15, 0.2) is 36.2 Å². The summed E-state index contributed by atoms with van der Waals surface area (Å²) in [4.78, 5) is 15.5. The Labute approximate surface area is 178 Å². The van der Waals surface area contributed by atoms with E-state index in [1.54, 1.807) is 17.8 Å². The zero-order valence-electron chi connectivity index (χ0n) is 18.3. The van der Waals surface area contributed by atoms with Gasteiger partial charge < -0.3 is 4.74 Å². The maximum absolute atomic E-state index is 13.8. The summed E-state index contributed by atoms with van der Waals surface area (Å²) in [5.41, 5.74) is 4.03. The molecule has 0 bridgehead atoms. The molecule has 0 aliphatic heterocycles. The number of aromatic nitrogens is 1. The fourth-order valence-corrected chi connectivity index (χ4v) is 7.53. The Morgan fingerprint density at radius 3 is 2.73 bits per heavy atom. The molecule has 5 rings (SSSR count). The Kier molecular flexibility index (Phi) is 4.68. The van der Waals surface area contributed by atoms with Gasteiger partial charge in [-0.3, -0.25) is 9.78 Å². The van der Waals surface area contributed by atoms with Crippen LogP contribution in [0.5, 0.6) is 0 Å². The summed E-state index contributed by atoms with van der Waals surface area (Å²) in [7, 11) is 0. The molecule has 0 aromatic carbocycles. The van der Waals surface area contributed by atoms with Gasteiger partial charge in [-0.05, 0) is 85.3 Å². The van der Waals surface area contributed by atoms with E-state index in [2.05, 4.69) is 31.0 Å². The second-order valence-electron chi connectivity index (χ2n) is 10.5. The van der Waals surface area contributed by atoms with Crippen LogP contribution in [0.2, 0.25) is 0 Å². The highest BCUT2D eigenvalue weighted by Gasteiger charge is 2.56. The number of allylic oxidation sites excluding steroid dienone is 4. The minimum Gasteiger partial charge on any atom is -0.463 e. The van der Waals surface area contributed by atoms with Crippen molar-refractivity contribution >= 4 is 11.5 Å². The molecule has 6 atom stereocenters. The van der Waals surface area contributed by atoms with Crippen molar-refractivity contribution in [3.63, 3.8) is 0 Å². The first-order chi connectivity index (χ1) is 14.3. The highest BCUT2D eigenvalue weighted by Crippen LogP contribution is 2.66. The van der Waals surface area contributed by atoms with E-state index in [9.17, 15) is 9.18 Å². The fraction of sp³-hybridized carbons (Fsp3) is 0.615. The average molecular weight is 410 g/mol. The van der Waals surface area contributed by atoms with Crippen LogP contribution in [-0.2, 0) is 9.53 Å². The fourth-order valence-electron chi connectivity index (χ4n) is 7.53. The summed E-state index contributed by atoms with van der Waals surface area (Å²) in [5, 5.41) is 0. The van der Waals surface area contributed by atoms with E-state index in [0.29, 0.717) is 23.2 Å². The lowest BCUT2D eigenvalue weighted by Crippen LogP contribution is -2.51. The lowest BCUT2D eigenvalue weighted by atomic mass is 9.46. The molecule has 1 heterocycles. The van der Waals surface area contributed by atoms with Crippen LogP contribution < -0.4 is 0 Å². The molecule has 4 aliphatic carbocycles. The average Bonchev–Trinajstić information content (AvgIpc) is 3.05. The quantitative estimate of drug-likeness (QED) is 0.553. The molecule has 0 N–H and O–H groups in total. The van der Waals surface area contributed by atoms with Crippen LogP contribution in [0, 0.1) is 34.4 Å². The van der Waals surface area contributed by atoms with Gasteiger partial charge in [0.2, 0.25) is 0 Å². The van der Waals surface area contributed by atoms with Crippen molar-refractivity contribution in [3.05, 3.63) is 47.6 Å². The third-order valence-electron chi connectivity index (χ3n) is 9.01. The summed E-state index contributed by atoms with van der Waals surface area (Å²) in [6.45, 7) is 6.38. The number of rotatable bonds is 2. The Bertz CT molecular complexity index is 937. The molecule has 30 heavy (non-hydrogen) atoms. The topological polar surface area (TPSA) is 39.2 Å². The number of halogens is 1. The zero-order chi connectivity index (χ0) is 21.1. The zero-order valence-corrected chi connectivity index (χ0v) is 18.3. The van der Waals surface area contributed by atoms with Crippen molar-refractivity contribution in [2.24, 2.45) is 28.6 Å². The van der Waals surface area contributed by atoms with Crippen LogP contribution in [0.25, 0.3) is 5.57 Å². The number of hydrogen-bond donors (Lipinski definition) is 0. The molecule has 4 heteroatoms. The van der Waals surface area contributed by atoms with Gasteiger partial charge in [-0.2, -0.15) is 0 Å². The van der Waals surface area contributed by atoms with Crippen molar-refractivity contribution in [3.8, 4) is 0 Å². The van der Waals surface area contributed by atoms with Crippen LogP contribution in [0.4, 0.5) is 4.39 Å². The number of hydrogen-bond acceptors (Lipinski definition) is 3. The number of ether oxygens (including phenoxy) is 1. The minimum atomic E-state index is -0.267. The van der Waals surface area contributed by atoms with Crippen LogP contribution >= 0.6 is 0 Å². The van der Waals surface area contributed by atoms with Gasteiger partial charge in [-0.25, -0.2) is 4.39 Å². The van der Waals surface area contributed by atoms with Gasteiger partial charge in [-0.15, -0.1) is 0 Å². The Morgan fingerprint density at radius 1 is 1.13 bits per heavy atom. The molecule has 4 aliphatic rings. The second-order valence-corrected chi connectivity index (χ2v) is 10.5. The number of esters is 1. The first-order valence-electron chi connectivity index (χ1n) is 11.5. The summed E-state index contributed by atoms with van der Waals surface area (Å²) in [6, 6.07) is 1.63. The molecular weight excluding hydrogens is 377 g/mol. The van der Waals surface area contributed by atoms with Gasteiger partial charge in [-0.1, -0.05) is 31.6 Å². The molecule has 0 amide bonds. The normalized spacial score (nSPS) is 39.9. The largest absolute Gasteiger partial charge is 0.463 e. The van der Waals surface area contributed by atoms with Crippen LogP contribution in [0.3, 0.4) is 0 Å². The Hall–Kier alpha value is -1.97. The smallest absolute Gasteiger partial charge is 0.302 e. The lowest BCUT2D eigenvalue weighted by molar-refractivity contribution is -0.154. The van der Waals surface area contributed by atoms with E-state index in [1.165, 1.54) is 38.0 Å². The van der Waals surface area contributed by atoms with Gasteiger partial charge in [0.05, 0.1) is 6.20 Å². The van der Waals surface area contributed by atoms with Crippen molar-refractivity contribution in [1.82, 2.24) is 4.98 Å². The molecule has 0 radical (unpaired) electrons. The Balaban J connectivity index is 1.39. The molecule has 3 saturated carbocycles. The monoisotopic (exact) mass is 409 g/mol.